The first kappa shape index (κ1) is 29.5. The van der Waals surface area contributed by atoms with Crippen molar-refractivity contribution in [3.8, 4) is 5.75 Å². The number of ether oxygens (including phenoxy) is 1. The summed E-state index contributed by atoms with van der Waals surface area (Å²) in [4.78, 5) is 28.3. The van der Waals surface area contributed by atoms with E-state index >= 15 is 0 Å². The van der Waals surface area contributed by atoms with Crippen LogP contribution in [0.2, 0.25) is 0 Å². The molecule has 38 heavy (non-hydrogen) atoms. The molecule has 9 heteroatoms. The van der Waals surface area contributed by atoms with E-state index in [2.05, 4.69) is 5.32 Å². The van der Waals surface area contributed by atoms with Crippen molar-refractivity contribution in [2.45, 2.75) is 77.4 Å². The van der Waals surface area contributed by atoms with E-state index in [1.165, 1.54) is 17.8 Å². The molecular formula is C29H41N3O5S. The van der Waals surface area contributed by atoms with Gasteiger partial charge < -0.3 is 15.0 Å². The van der Waals surface area contributed by atoms with Gasteiger partial charge in [0.05, 0.1) is 19.1 Å². The van der Waals surface area contributed by atoms with Gasteiger partial charge in [-0.1, -0.05) is 61.2 Å². The lowest BCUT2D eigenvalue weighted by Gasteiger charge is -2.31. The van der Waals surface area contributed by atoms with E-state index in [0.717, 1.165) is 43.1 Å². The molecule has 1 N–H and O–H groups in total. The largest absolute Gasteiger partial charge is 0.495 e. The Kier molecular flexibility index (Phi) is 10.6. The average Bonchev–Trinajstić information content (AvgIpc) is 2.90. The van der Waals surface area contributed by atoms with Crippen molar-refractivity contribution >= 4 is 27.5 Å². The number of nitrogens with zero attached hydrogens (tertiary/aromatic N) is 2. The van der Waals surface area contributed by atoms with Gasteiger partial charge in [0.15, 0.2) is 0 Å². The number of anilines is 1. The van der Waals surface area contributed by atoms with Gasteiger partial charge in [-0.25, -0.2) is 8.42 Å². The SMILES string of the molecule is COc1ccccc1N(CCCC(=O)N(Cc1ccc(C)cc1)C(C)C(=O)NC1CCCCC1)S(C)(=O)=O. The normalized spacial score (nSPS) is 14.9. The van der Waals surface area contributed by atoms with E-state index in [-0.39, 0.29) is 30.8 Å². The standard InChI is InChI=1S/C29H41N3O5S/c1-22-16-18-24(19-17-22)21-31(23(2)29(34)30-25-11-6-5-7-12-25)28(33)15-10-20-32(38(4,35)36)26-13-8-9-14-27(26)37-3/h8-9,13-14,16-19,23,25H,5-7,10-12,15,20-21H2,1-4H3,(H,30,34). The number of carbonyl (C=O) groups is 2. The van der Waals surface area contributed by atoms with Crippen molar-refractivity contribution in [1.29, 1.82) is 0 Å². The van der Waals surface area contributed by atoms with Crippen molar-refractivity contribution in [2.24, 2.45) is 0 Å². The molecule has 1 atom stereocenters. The van der Waals surface area contributed by atoms with Gasteiger partial charge in [0, 0.05) is 25.6 Å². The molecule has 2 aromatic rings. The van der Waals surface area contributed by atoms with Crippen LogP contribution in [0.5, 0.6) is 5.75 Å². The number of benzene rings is 2. The highest BCUT2D eigenvalue weighted by Crippen LogP contribution is 2.30. The third-order valence-electron chi connectivity index (χ3n) is 7.10. The second kappa shape index (κ2) is 13.6. The molecule has 208 valence electrons. The maximum atomic E-state index is 13.5. The van der Waals surface area contributed by atoms with Crippen LogP contribution in [0.1, 0.15) is 63.0 Å². The smallest absolute Gasteiger partial charge is 0.242 e. The summed E-state index contributed by atoms with van der Waals surface area (Å²) < 4.78 is 31.8. The van der Waals surface area contributed by atoms with E-state index in [1.807, 2.05) is 31.2 Å². The van der Waals surface area contributed by atoms with Gasteiger partial charge in [-0.3, -0.25) is 13.9 Å². The van der Waals surface area contributed by atoms with Crippen LogP contribution in [0.4, 0.5) is 5.69 Å². The van der Waals surface area contributed by atoms with Crippen molar-refractivity contribution in [2.75, 3.05) is 24.2 Å². The lowest BCUT2D eigenvalue weighted by molar-refractivity contribution is -0.141. The van der Waals surface area contributed by atoms with E-state index in [1.54, 1.807) is 36.1 Å². The fourth-order valence-electron chi connectivity index (χ4n) is 4.86. The molecule has 3 rings (SSSR count). The van der Waals surface area contributed by atoms with Crippen molar-refractivity contribution in [3.05, 3.63) is 59.7 Å². The molecule has 2 aromatic carbocycles. The summed E-state index contributed by atoms with van der Waals surface area (Å²) in [6.45, 7) is 4.19. The van der Waals surface area contributed by atoms with Crippen LogP contribution in [0.25, 0.3) is 0 Å². The molecule has 0 aromatic heterocycles. The van der Waals surface area contributed by atoms with Crippen LogP contribution in [0.15, 0.2) is 48.5 Å². The monoisotopic (exact) mass is 543 g/mol. The summed E-state index contributed by atoms with van der Waals surface area (Å²) in [5.74, 6) is 0.104. The molecule has 0 heterocycles. The molecule has 0 spiro atoms. The number of hydrogen-bond donors (Lipinski definition) is 1. The molecule has 1 fully saturated rings. The molecule has 8 nitrogen and oxygen atoms in total. The first-order valence-corrected chi connectivity index (χ1v) is 15.2. The van der Waals surface area contributed by atoms with Gasteiger partial charge >= 0.3 is 0 Å². The molecule has 1 saturated carbocycles. The van der Waals surface area contributed by atoms with Crippen molar-refractivity contribution in [1.82, 2.24) is 10.2 Å². The van der Waals surface area contributed by atoms with Gasteiger partial charge in [-0.15, -0.1) is 0 Å². The number of hydrogen-bond acceptors (Lipinski definition) is 5. The third kappa shape index (κ3) is 8.21. The summed E-state index contributed by atoms with van der Waals surface area (Å²) in [6.07, 6.45) is 6.88. The first-order valence-electron chi connectivity index (χ1n) is 13.4. The number of para-hydroxylation sites is 2. The van der Waals surface area contributed by atoms with Crippen LogP contribution in [-0.2, 0) is 26.2 Å². The van der Waals surface area contributed by atoms with Crippen LogP contribution < -0.4 is 14.4 Å². The highest BCUT2D eigenvalue weighted by molar-refractivity contribution is 7.92. The zero-order valence-corrected chi connectivity index (χ0v) is 23.8. The second-order valence-electron chi connectivity index (χ2n) is 10.1. The number of rotatable bonds is 12. The predicted octanol–water partition coefficient (Wildman–Crippen LogP) is 4.42. The average molecular weight is 544 g/mol. The maximum absolute atomic E-state index is 13.5. The van der Waals surface area contributed by atoms with Crippen LogP contribution in [0.3, 0.4) is 0 Å². The fraction of sp³-hybridized carbons (Fsp3) is 0.517. The van der Waals surface area contributed by atoms with Gasteiger partial charge in [0.2, 0.25) is 21.8 Å². The summed E-state index contributed by atoms with van der Waals surface area (Å²) >= 11 is 0. The highest BCUT2D eigenvalue weighted by Gasteiger charge is 2.28. The number of carbonyl (C=O) groups excluding carboxylic acids is 2. The molecule has 0 aliphatic heterocycles. The Morgan fingerprint density at radius 2 is 1.71 bits per heavy atom. The lowest BCUT2D eigenvalue weighted by Crippen LogP contribution is -2.50. The Hall–Kier alpha value is -3.07. The summed E-state index contributed by atoms with van der Waals surface area (Å²) in [7, 11) is -2.11. The number of aryl methyl sites for hydroxylation is 1. The zero-order chi connectivity index (χ0) is 27.7. The number of sulfonamides is 1. The molecule has 1 aliphatic carbocycles. The Bertz CT molecular complexity index is 1180. The number of amides is 2. The van der Waals surface area contributed by atoms with Crippen LogP contribution in [-0.4, -0.2) is 57.1 Å². The van der Waals surface area contributed by atoms with Gasteiger partial charge in [-0.05, 0) is 50.8 Å². The molecule has 1 unspecified atom stereocenters. The van der Waals surface area contributed by atoms with E-state index in [0.29, 0.717) is 24.4 Å². The Morgan fingerprint density at radius 1 is 1.05 bits per heavy atom. The maximum Gasteiger partial charge on any atom is 0.242 e. The predicted molar refractivity (Wildman–Crippen MR) is 151 cm³/mol. The van der Waals surface area contributed by atoms with E-state index < -0.39 is 16.1 Å². The van der Waals surface area contributed by atoms with E-state index in [9.17, 15) is 18.0 Å². The molecule has 0 radical (unpaired) electrons. The minimum atomic E-state index is -3.60. The van der Waals surface area contributed by atoms with Crippen LogP contribution >= 0.6 is 0 Å². The molecule has 1 aliphatic rings. The Labute approximate surface area is 227 Å². The molecule has 0 bridgehead atoms. The minimum Gasteiger partial charge on any atom is -0.495 e. The first-order chi connectivity index (χ1) is 18.1. The Balaban J connectivity index is 1.73. The summed E-state index contributed by atoms with van der Waals surface area (Å²) in [5.41, 5.74) is 2.49. The zero-order valence-electron chi connectivity index (χ0n) is 23.0. The van der Waals surface area contributed by atoms with Gasteiger partial charge in [0.25, 0.3) is 0 Å². The second-order valence-corrected chi connectivity index (χ2v) is 12.0. The summed E-state index contributed by atoms with van der Waals surface area (Å²) in [5, 5.41) is 3.14. The number of methoxy groups -OCH3 is 1. The van der Waals surface area contributed by atoms with Crippen molar-refractivity contribution < 1.29 is 22.7 Å². The molecule has 0 saturated heterocycles. The van der Waals surface area contributed by atoms with E-state index in [4.69, 9.17) is 4.74 Å². The van der Waals surface area contributed by atoms with Gasteiger partial charge in [0.1, 0.15) is 11.8 Å². The van der Waals surface area contributed by atoms with Crippen molar-refractivity contribution in [3.63, 3.8) is 0 Å². The Morgan fingerprint density at radius 3 is 2.34 bits per heavy atom. The lowest BCUT2D eigenvalue weighted by atomic mass is 9.95. The molecule has 2 amide bonds. The molecular weight excluding hydrogens is 502 g/mol. The topological polar surface area (TPSA) is 96.0 Å². The fourth-order valence-corrected chi connectivity index (χ4v) is 5.83. The number of nitrogens with one attached hydrogen (secondary N) is 1. The highest BCUT2D eigenvalue weighted by atomic mass is 32.2. The van der Waals surface area contributed by atoms with Gasteiger partial charge in [-0.2, -0.15) is 0 Å². The quantitative estimate of drug-likeness (QED) is 0.428. The third-order valence-corrected chi connectivity index (χ3v) is 8.28. The minimum absolute atomic E-state index is 0.105. The van der Waals surface area contributed by atoms with Crippen LogP contribution in [0, 0.1) is 6.92 Å². The summed E-state index contributed by atoms with van der Waals surface area (Å²) in [6, 6.07) is 14.3.